The molecule has 0 aliphatic carbocycles. The number of nitrogens with one attached hydrogen (secondary N) is 1. The van der Waals surface area contributed by atoms with Crippen LogP contribution in [0.15, 0.2) is 24.3 Å². The smallest absolute Gasteiger partial charge is 0.0653 e. The van der Waals surface area contributed by atoms with Gasteiger partial charge in [-0.1, -0.05) is 46.9 Å². The average Bonchev–Trinajstić information content (AvgIpc) is 2.40. The molecule has 0 aliphatic heterocycles. The second-order valence-corrected chi connectivity index (χ2v) is 6.63. The standard InChI is InChI=1S/C17H18Cl3N/c1-9-5-11(3)13(6-10(9)2)12(4)21-17-8-15(19)14(18)7-16(17)20/h5-8,12,21H,1-4H3. The molecule has 0 heterocycles. The van der Waals surface area contributed by atoms with Gasteiger partial charge < -0.3 is 5.32 Å². The maximum absolute atomic E-state index is 6.22. The molecule has 1 nitrogen and oxygen atoms in total. The zero-order valence-corrected chi connectivity index (χ0v) is 14.8. The summed E-state index contributed by atoms with van der Waals surface area (Å²) >= 11 is 18.2. The van der Waals surface area contributed by atoms with Crippen LogP contribution in [0, 0.1) is 20.8 Å². The summed E-state index contributed by atoms with van der Waals surface area (Å²) in [5.41, 5.74) is 5.88. The Morgan fingerprint density at radius 3 is 2.00 bits per heavy atom. The van der Waals surface area contributed by atoms with Crippen molar-refractivity contribution in [2.45, 2.75) is 33.7 Å². The van der Waals surface area contributed by atoms with Crippen molar-refractivity contribution in [1.29, 1.82) is 0 Å². The first kappa shape index (κ1) is 16.5. The Hall–Kier alpha value is -0.890. The van der Waals surface area contributed by atoms with Crippen molar-refractivity contribution in [3.8, 4) is 0 Å². The van der Waals surface area contributed by atoms with Crippen molar-refractivity contribution in [1.82, 2.24) is 0 Å². The molecule has 2 aromatic rings. The first-order valence-corrected chi connectivity index (χ1v) is 7.91. The van der Waals surface area contributed by atoms with Crippen LogP contribution in [0.5, 0.6) is 0 Å². The lowest BCUT2D eigenvalue weighted by Gasteiger charge is -2.20. The highest BCUT2D eigenvalue weighted by Gasteiger charge is 2.13. The van der Waals surface area contributed by atoms with E-state index in [9.17, 15) is 0 Å². The molecule has 0 saturated heterocycles. The Bertz CT molecular complexity index is 680. The van der Waals surface area contributed by atoms with Crippen LogP contribution in [0.25, 0.3) is 0 Å². The fourth-order valence-electron chi connectivity index (χ4n) is 2.39. The van der Waals surface area contributed by atoms with Crippen LogP contribution in [-0.2, 0) is 0 Å². The van der Waals surface area contributed by atoms with Crippen molar-refractivity contribution in [3.63, 3.8) is 0 Å². The molecule has 0 spiro atoms. The number of aryl methyl sites for hydroxylation is 3. The fraction of sp³-hybridized carbons (Fsp3) is 0.294. The summed E-state index contributed by atoms with van der Waals surface area (Å²) < 4.78 is 0. The van der Waals surface area contributed by atoms with Crippen LogP contribution in [0.1, 0.15) is 35.2 Å². The number of rotatable bonds is 3. The van der Waals surface area contributed by atoms with E-state index in [0.717, 1.165) is 5.69 Å². The topological polar surface area (TPSA) is 12.0 Å². The maximum atomic E-state index is 6.22. The molecule has 0 aliphatic rings. The van der Waals surface area contributed by atoms with Gasteiger partial charge in [0.25, 0.3) is 0 Å². The molecule has 1 unspecified atom stereocenters. The van der Waals surface area contributed by atoms with Gasteiger partial charge in [0.2, 0.25) is 0 Å². The Kier molecular flexibility index (Phi) is 5.08. The molecule has 2 aromatic carbocycles. The molecule has 1 N–H and O–H groups in total. The summed E-state index contributed by atoms with van der Waals surface area (Å²) in [5.74, 6) is 0. The van der Waals surface area contributed by atoms with Crippen LogP contribution in [0.2, 0.25) is 15.1 Å². The molecule has 1 atom stereocenters. The number of hydrogen-bond acceptors (Lipinski definition) is 1. The molecule has 4 heteroatoms. The van der Waals surface area contributed by atoms with Gasteiger partial charge in [0, 0.05) is 6.04 Å². The summed E-state index contributed by atoms with van der Waals surface area (Å²) in [5, 5.41) is 4.93. The van der Waals surface area contributed by atoms with Crippen molar-refractivity contribution >= 4 is 40.5 Å². The Morgan fingerprint density at radius 1 is 0.762 bits per heavy atom. The van der Waals surface area contributed by atoms with Crippen LogP contribution in [0.3, 0.4) is 0 Å². The van der Waals surface area contributed by atoms with Crippen molar-refractivity contribution in [2.24, 2.45) is 0 Å². The van der Waals surface area contributed by atoms with E-state index in [1.165, 1.54) is 22.3 Å². The van der Waals surface area contributed by atoms with E-state index in [1.54, 1.807) is 12.1 Å². The monoisotopic (exact) mass is 341 g/mol. The van der Waals surface area contributed by atoms with E-state index in [1.807, 2.05) is 0 Å². The molecule has 2 rings (SSSR count). The highest BCUT2D eigenvalue weighted by molar-refractivity contribution is 6.44. The zero-order valence-electron chi connectivity index (χ0n) is 12.5. The van der Waals surface area contributed by atoms with Gasteiger partial charge in [0.15, 0.2) is 0 Å². The van der Waals surface area contributed by atoms with Gasteiger partial charge in [0.1, 0.15) is 0 Å². The third-order valence-corrected chi connectivity index (χ3v) is 4.77. The largest absolute Gasteiger partial charge is 0.377 e. The van der Waals surface area contributed by atoms with Crippen LogP contribution < -0.4 is 5.32 Å². The molecule has 112 valence electrons. The summed E-state index contributed by atoms with van der Waals surface area (Å²) in [6.07, 6.45) is 0. The molecule has 21 heavy (non-hydrogen) atoms. The van der Waals surface area contributed by atoms with Gasteiger partial charge in [-0.3, -0.25) is 0 Å². The van der Waals surface area contributed by atoms with Gasteiger partial charge in [-0.2, -0.15) is 0 Å². The van der Waals surface area contributed by atoms with E-state index in [0.29, 0.717) is 15.1 Å². The van der Waals surface area contributed by atoms with E-state index < -0.39 is 0 Å². The highest BCUT2D eigenvalue weighted by Crippen LogP contribution is 2.34. The van der Waals surface area contributed by atoms with Crippen molar-refractivity contribution in [3.05, 3.63) is 61.6 Å². The quantitative estimate of drug-likeness (QED) is 0.609. The molecular weight excluding hydrogens is 325 g/mol. The zero-order chi connectivity index (χ0) is 15.7. The van der Waals surface area contributed by atoms with Crippen molar-refractivity contribution < 1.29 is 0 Å². The van der Waals surface area contributed by atoms with Crippen LogP contribution in [-0.4, -0.2) is 0 Å². The Balaban J connectivity index is 2.32. The first-order valence-electron chi connectivity index (χ1n) is 6.78. The molecule has 0 saturated carbocycles. The molecule has 0 bridgehead atoms. The predicted octanol–water partition coefficient (Wildman–Crippen LogP) is 6.75. The average molecular weight is 343 g/mol. The minimum absolute atomic E-state index is 0.124. The van der Waals surface area contributed by atoms with Crippen molar-refractivity contribution in [2.75, 3.05) is 5.32 Å². The van der Waals surface area contributed by atoms with Crippen LogP contribution >= 0.6 is 34.8 Å². The molecule has 0 aromatic heterocycles. The molecular formula is C17H18Cl3N. The first-order chi connectivity index (χ1) is 9.79. The normalized spacial score (nSPS) is 12.3. The lowest BCUT2D eigenvalue weighted by molar-refractivity contribution is 0.871. The lowest BCUT2D eigenvalue weighted by atomic mass is 9.96. The Morgan fingerprint density at radius 2 is 1.33 bits per heavy atom. The molecule has 0 fully saturated rings. The second kappa shape index (κ2) is 6.48. The van der Waals surface area contributed by atoms with E-state index in [4.69, 9.17) is 34.8 Å². The van der Waals surface area contributed by atoms with Gasteiger partial charge in [-0.15, -0.1) is 0 Å². The van der Waals surface area contributed by atoms with Crippen LogP contribution in [0.4, 0.5) is 5.69 Å². The second-order valence-electron chi connectivity index (χ2n) is 5.41. The summed E-state index contributed by atoms with van der Waals surface area (Å²) in [7, 11) is 0. The summed E-state index contributed by atoms with van der Waals surface area (Å²) in [6.45, 7) is 8.48. The maximum Gasteiger partial charge on any atom is 0.0653 e. The van der Waals surface area contributed by atoms with Gasteiger partial charge >= 0.3 is 0 Å². The van der Waals surface area contributed by atoms with E-state index in [-0.39, 0.29) is 6.04 Å². The van der Waals surface area contributed by atoms with Gasteiger partial charge in [-0.05, 0) is 62.1 Å². The number of hydrogen-bond donors (Lipinski definition) is 1. The fourth-order valence-corrected chi connectivity index (χ4v) is 2.99. The number of anilines is 1. The summed E-state index contributed by atoms with van der Waals surface area (Å²) in [6, 6.07) is 7.97. The number of halogens is 3. The lowest BCUT2D eigenvalue weighted by Crippen LogP contribution is -2.09. The predicted molar refractivity (Wildman–Crippen MR) is 94.2 cm³/mol. The van der Waals surface area contributed by atoms with Gasteiger partial charge in [-0.25, -0.2) is 0 Å². The van der Waals surface area contributed by atoms with Gasteiger partial charge in [0.05, 0.1) is 20.8 Å². The van der Waals surface area contributed by atoms with E-state index in [2.05, 4.69) is 45.1 Å². The molecule has 0 amide bonds. The highest BCUT2D eigenvalue weighted by atomic mass is 35.5. The SMILES string of the molecule is Cc1cc(C)c(C(C)Nc2cc(Cl)c(Cl)cc2Cl)cc1C. The number of benzene rings is 2. The van der Waals surface area contributed by atoms with E-state index >= 15 is 0 Å². The minimum atomic E-state index is 0.124. The molecule has 0 radical (unpaired) electrons. The summed E-state index contributed by atoms with van der Waals surface area (Å²) in [4.78, 5) is 0. The Labute approximate surface area is 141 Å². The third kappa shape index (κ3) is 3.66. The third-order valence-electron chi connectivity index (χ3n) is 3.73. The minimum Gasteiger partial charge on any atom is -0.377 e.